The Labute approximate surface area is 240 Å². The average molecular weight is 559 g/mol. The van der Waals surface area contributed by atoms with Gasteiger partial charge in [0.25, 0.3) is 5.69 Å². The molecule has 4 rings (SSSR count). The smallest absolute Gasteiger partial charge is 0.294 e. The van der Waals surface area contributed by atoms with Crippen molar-refractivity contribution in [2.24, 2.45) is 12.5 Å². The number of hydrogen-bond donors (Lipinski definition) is 2. The van der Waals surface area contributed by atoms with Crippen molar-refractivity contribution in [3.8, 4) is 11.3 Å². The third kappa shape index (κ3) is 6.46. The van der Waals surface area contributed by atoms with Gasteiger partial charge in [-0.15, -0.1) is 0 Å². The molecule has 0 spiro atoms. The summed E-state index contributed by atoms with van der Waals surface area (Å²) in [6.45, 7) is 8.81. The van der Waals surface area contributed by atoms with Crippen LogP contribution in [-0.4, -0.2) is 64.5 Å². The van der Waals surface area contributed by atoms with Gasteiger partial charge in [-0.1, -0.05) is 39.0 Å². The van der Waals surface area contributed by atoms with Gasteiger partial charge in [0.1, 0.15) is 11.4 Å². The molecule has 2 aromatic heterocycles. The first-order valence-electron chi connectivity index (χ1n) is 13.4. The van der Waals surface area contributed by atoms with E-state index in [1.54, 1.807) is 12.3 Å². The summed E-state index contributed by atoms with van der Waals surface area (Å²) in [6, 6.07) is 11.3. The van der Waals surface area contributed by atoms with Gasteiger partial charge in [-0.3, -0.25) is 14.9 Å². The van der Waals surface area contributed by atoms with E-state index >= 15 is 0 Å². The normalized spacial score (nSPS) is 11.6. The van der Waals surface area contributed by atoms with Gasteiger partial charge in [0.05, 0.1) is 22.5 Å². The number of aromatic nitrogens is 3. The molecular formula is C30H38N8O3. The number of carbonyl (C=O) groups is 1. The highest BCUT2D eigenvalue weighted by atomic mass is 16.6. The van der Waals surface area contributed by atoms with E-state index < -0.39 is 5.41 Å². The number of rotatable bonds is 9. The second-order valence-electron chi connectivity index (χ2n) is 11.6. The Balaban J connectivity index is 1.78. The molecule has 0 unspecified atom stereocenters. The second-order valence-corrected chi connectivity index (χ2v) is 11.6. The predicted molar refractivity (Wildman–Crippen MR) is 165 cm³/mol. The Morgan fingerprint density at radius 3 is 2.46 bits per heavy atom. The number of aryl methyl sites for hydroxylation is 2. The number of hydrogen-bond acceptors (Lipinski definition) is 8. The maximum atomic E-state index is 12.9. The first kappa shape index (κ1) is 29.5. The molecule has 4 aromatic rings. The van der Waals surface area contributed by atoms with E-state index in [0.717, 1.165) is 28.6 Å². The van der Waals surface area contributed by atoms with Gasteiger partial charge >= 0.3 is 0 Å². The van der Waals surface area contributed by atoms with Gasteiger partial charge < -0.3 is 25.0 Å². The van der Waals surface area contributed by atoms with Gasteiger partial charge in [-0.05, 0) is 38.7 Å². The van der Waals surface area contributed by atoms with E-state index in [2.05, 4.69) is 15.6 Å². The first-order valence-corrected chi connectivity index (χ1v) is 13.4. The molecule has 2 heterocycles. The minimum absolute atomic E-state index is 0.0114. The fourth-order valence-corrected chi connectivity index (χ4v) is 4.44. The van der Waals surface area contributed by atoms with E-state index in [-0.39, 0.29) is 22.5 Å². The number of anilines is 4. The summed E-state index contributed by atoms with van der Waals surface area (Å²) >= 11 is 0. The van der Waals surface area contributed by atoms with E-state index in [9.17, 15) is 14.9 Å². The highest BCUT2D eigenvalue weighted by Gasteiger charge is 2.25. The molecule has 0 saturated carbocycles. The van der Waals surface area contributed by atoms with E-state index in [1.165, 1.54) is 6.07 Å². The van der Waals surface area contributed by atoms with Gasteiger partial charge in [-0.2, -0.15) is 0 Å². The van der Waals surface area contributed by atoms with Crippen LogP contribution in [0.3, 0.4) is 0 Å². The van der Waals surface area contributed by atoms with Gasteiger partial charge in [0, 0.05) is 61.3 Å². The summed E-state index contributed by atoms with van der Waals surface area (Å²) < 4.78 is 2.01. The SMILES string of the molecule is Cc1cc(N(C)CCN(C)C)c([N+](=O)[O-])cc1Nc1ncc(NC(=O)C(C)(C)C)c(-c2cn(C)c3ccccc23)n1. The maximum Gasteiger partial charge on any atom is 0.294 e. The van der Waals surface area contributed by atoms with Crippen LogP contribution >= 0.6 is 0 Å². The van der Waals surface area contributed by atoms with Crippen molar-refractivity contribution in [1.29, 1.82) is 0 Å². The number of nitro benzene ring substituents is 1. The summed E-state index contributed by atoms with van der Waals surface area (Å²) in [7, 11) is 7.74. The topological polar surface area (TPSA) is 121 Å². The number of benzene rings is 2. The average Bonchev–Trinajstić information content (AvgIpc) is 3.24. The zero-order chi connectivity index (χ0) is 30.1. The molecular weight excluding hydrogens is 520 g/mol. The Morgan fingerprint density at radius 1 is 1.10 bits per heavy atom. The van der Waals surface area contributed by atoms with Crippen LogP contribution in [0, 0.1) is 22.5 Å². The standard InChI is InChI=1S/C30H38N8O3/c1-19-15-25(36(7)14-13-35(5)6)26(38(40)41)16-22(19)33-29-31-17-23(32-28(39)30(2,3)4)27(34-29)21-18-37(8)24-12-10-9-11-20(21)24/h9-12,15-18H,13-14H2,1-8H3,(H,32,39)(H,31,33,34). The molecule has 0 bridgehead atoms. The molecule has 2 N–H and O–H groups in total. The van der Waals surface area contributed by atoms with Crippen LogP contribution < -0.4 is 15.5 Å². The van der Waals surface area contributed by atoms with Gasteiger partial charge in [0.15, 0.2) is 0 Å². The Hall–Kier alpha value is -4.51. The summed E-state index contributed by atoms with van der Waals surface area (Å²) in [5, 5.41) is 19.2. The van der Waals surface area contributed by atoms with Crippen LogP contribution in [0.5, 0.6) is 0 Å². The van der Waals surface area contributed by atoms with Crippen molar-refractivity contribution in [3.05, 3.63) is 64.5 Å². The van der Waals surface area contributed by atoms with Crippen molar-refractivity contribution < 1.29 is 9.72 Å². The fraction of sp³-hybridized carbons (Fsp3) is 0.367. The molecule has 0 aliphatic carbocycles. The summed E-state index contributed by atoms with van der Waals surface area (Å²) in [4.78, 5) is 37.8. The van der Waals surface area contributed by atoms with Crippen LogP contribution in [-0.2, 0) is 11.8 Å². The zero-order valence-electron chi connectivity index (χ0n) is 24.9. The third-order valence-electron chi connectivity index (χ3n) is 6.93. The summed E-state index contributed by atoms with van der Waals surface area (Å²) in [5.41, 5.74) is 4.11. The Bertz CT molecular complexity index is 1600. The molecule has 0 aliphatic rings. The number of para-hydroxylation sites is 1. The van der Waals surface area contributed by atoms with Gasteiger partial charge in [-0.25, -0.2) is 9.97 Å². The molecule has 0 atom stereocenters. The molecule has 11 nitrogen and oxygen atoms in total. The van der Waals surface area contributed by atoms with E-state index in [1.807, 2.05) is 101 Å². The Kier molecular flexibility index (Phi) is 8.29. The number of likely N-dealkylation sites (N-methyl/N-ethyl adjacent to an activating group) is 2. The maximum absolute atomic E-state index is 12.9. The predicted octanol–water partition coefficient (Wildman–Crippen LogP) is 5.58. The number of nitrogens with one attached hydrogen (secondary N) is 2. The molecule has 11 heteroatoms. The van der Waals surface area contributed by atoms with Crippen LogP contribution in [0.15, 0.2) is 48.8 Å². The van der Waals surface area contributed by atoms with Crippen LogP contribution in [0.4, 0.5) is 28.7 Å². The first-order chi connectivity index (χ1) is 19.3. The number of nitro groups is 1. The van der Waals surface area contributed by atoms with E-state index in [0.29, 0.717) is 29.3 Å². The van der Waals surface area contributed by atoms with Crippen molar-refractivity contribution in [2.75, 3.05) is 49.8 Å². The molecule has 41 heavy (non-hydrogen) atoms. The molecule has 1 amide bonds. The van der Waals surface area contributed by atoms with Crippen LogP contribution in [0.2, 0.25) is 0 Å². The van der Waals surface area contributed by atoms with Gasteiger partial charge in [0.2, 0.25) is 11.9 Å². The summed E-state index contributed by atoms with van der Waals surface area (Å²) in [6.07, 6.45) is 3.54. The molecule has 216 valence electrons. The van der Waals surface area contributed by atoms with Crippen molar-refractivity contribution in [2.45, 2.75) is 27.7 Å². The minimum atomic E-state index is -0.621. The lowest BCUT2D eigenvalue weighted by atomic mass is 9.95. The highest BCUT2D eigenvalue weighted by molar-refractivity contribution is 6.02. The third-order valence-corrected chi connectivity index (χ3v) is 6.93. The fourth-order valence-electron chi connectivity index (χ4n) is 4.44. The number of fused-ring (bicyclic) bond motifs is 1. The quantitative estimate of drug-likeness (QED) is 0.202. The van der Waals surface area contributed by atoms with Crippen LogP contribution in [0.25, 0.3) is 22.2 Å². The monoisotopic (exact) mass is 558 g/mol. The molecule has 2 aromatic carbocycles. The molecule has 0 radical (unpaired) electrons. The number of nitrogens with zero attached hydrogens (tertiary/aromatic N) is 6. The zero-order valence-corrected chi connectivity index (χ0v) is 24.9. The lowest BCUT2D eigenvalue weighted by Crippen LogP contribution is -2.29. The molecule has 0 fully saturated rings. The lowest BCUT2D eigenvalue weighted by molar-refractivity contribution is -0.384. The van der Waals surface area contributed by atoms with E-state index in [4.69, 9.17) is 4.98 Å². The molecule has 0 aliphatic heterocycles. The second kappa shape index (κ2) is 11.5. The number of amides is 1. The van der Waals surface area contributed by atoms with Crippen LogP contribution in [0.1, 0.15) is 26.3 Å². The van der Waals surface area contributed by atoms with Crippen molar-refractivity contribution >= 4 is 45.5 Å². The van der Waals surface area contributed by atoms with Crippen molar-refractivity contribution in [1.82, 2.24) is 19.4 Å². The summed E-state index contributed by atoms with van der Waals surface area (Å²) in [5.74, 6) is 0.0940. The lowest BCUT2D eigenvalue weighted by Gasteiger charge is -2.22. The van der Waals surface area contributed by atoms with Crippen molar-refractivity contribution in [3.63, 3.8) is 0 Å². The number of carbonyl (C=O) groups excluding carboxylic acids is 1. The Morgan fingerprint density at radius 2 is 1.80 bits per heavy atom. The molecule has 0 saturated heterocycles. The largest absolute Gasteiger partial charge is 0.368 e. The highest BCUT2D eigenvalue weighted by Crippen LogP contribution is 2.37. The minimum Gasteiger partial charge on any atom is -0.368 e.